The molecule has 0 bridgehead atoms. The van der Waals surface area contributed by atoms with Crippen LogP contribution in [0.25, 0.3) is 0 Å². The highest BCUT2D eigenvalue weighted by molar-refractivity contribution is 6.35. The molecule has 182 valence electrons. The molecule has 1 N–H and O–H groups in total. The number of amides is 1. The van der Waals surface area contributed by atoms with Gasteiger partial charge >= 0.3 is 5.79 Å². The van der Waals surface area contributed by atoms with Crippen molar-refractivity contribution in [3.05, 3.63) is 93.0 Å². The number of piperidine rings is 1. The van der Waals surface area contributed by atoms with Crippen LogP contribution in [0.15, 0.2) is 54.6 Å². The number of benzene rings is 3. The highest BCUT2D eigenvalue weighted by Gasteiger charge is 2.47. The molecule has 5 nitrogen and oxygen atoms in total. The number of likely N-dealkylation sites (tertiary alicyclic amines) is 1. The molecule has 1 atom stereocenters. The van der Waals surface area contributed by atoms with Crippen LogP contribution in [0.1, 0.15) is 34.3 Å². The molecule has 1 fully saturated rings. The average molecular weight is 520 g/mol. The zero-order valence-corrected chi connectivity index (χ0v) is 20.0. The maximum Gasteiger partial charge on any atom is 0.307 e. The summed E-state index contributed by atoms with van der Waals surface area (Å²) in [4.78, 5) is 14.7. The molecule has 0 aromatic heterocycles. The van der Waals surface area contributed by atoms with Crippen LogP contribution in [-0.4, -0.2) is 35.6 Å². The molecule has 0 aliphatic carbocycles. The highest BCUT2D eigenvalue weighted by atomic mass is 35.5. The van der Waals surface area contributed by atoms with Crippen molar-refractivity contribution in [3.63, 3.8) is 0 Å². The van der Waals surface area contributed by atoms with E-state index in [1.807, 2.05) is 0 Å². The molecule has 0 saturated carbocycles. The summed E-state index contributed by atoms with van der Waals surface area (Å²) in [6.07, 6.45) is 1.30. The Bertz CT molecular complexity index is 1280. The van der Waals surface area contributed by atoms with E-state index < -0.39 is 23.3 Å². The number of carbonyl (C=O) groups is 1. The first-order valence-electron chi connectivity index (χ1n) is 11.1. The van der Waals surface area contributed by atoms with Gasteiger partial charge in [0.05, 0.1) is 16.1 Å². The van der Waals surface area contributed by atoms with Crippen molar-refractivity contribution in [1.29, 1.82) is 0 Å². The fourth-order valence-corrected chi connectivity index (χ4v) is 5.02. The Morgan fingerprint density at radius 1 is 1.00 bits per heavy atom. The molecule has 5 rings (SSSR count). The summed E-state index contributed by atoms with van der Waals surface area (Å²) < 4.78 is 41.2. The van der Waals surface area contributed by atoms with Crippen LogP contribution in [-0.2, 0) is 5.79 Å². The lowest BCUT2D eigenvalue weighted by molar-refractivity contribution is -0.0459. The summed E-state index contributed by atoms with van der Waals surface area (Å²) in [5.41, 5.74) is 0.649. The van der Waals surface area contributed by atoms with Crippen molar-refractivity contribution in [2.24, 2.45) is 5.92 Å². The predicted octanol–water partition coefficient (Wildman–Crippen LogP) is 5.79. The maximum absolute atomic E-state index is 15.1. The molecule has 2 aliphatic heterocycles. The number of aliphatic hydroxyl groups excluding tert-OH is 1. The number of rotatable bonds is 4. The van der Waals surface area contributed by atoms with Gasteiger partial charge in [0.1, 0.15) is 11.6 Å². The second kappa shape index (κ2) is 9.30. The SMILES string of the molecule is O=C(c1cc2c(cc1F)OC(c1ccc(F)cc1)(c1ccc(Cl)cc1Cl)O2)N1CCC(CO)CC1. The van der Waals surface area contributed by atoms with Crippen LogP contribution in [0, 0.1) is 17.6 Å². The average Bonchev–Trinajstić information content (AvgIpc) is 3.22. The monoisotopic (exact) mass is 519 g/mol. The van der Waals surface area contributed by atoms with Gasteiger partial charge in [0.2, 0.25) is 0 Å². The summed E-state index contributed by atoms with van der Waals surface area (Å²) >= 11 is 12.6. The maximum atomic E-state index is 15.1. The van der Waals surface area contributed by atoms with E-state index in [1.165, 1.54) is 36.4 Å². The van der Waals surface area contributed by atoms with E-state index in [2.05, 4.69) is 0 Å². The Hall–Kier alpha value is -2.87. The Morgan fingerprint density at radius 3 is 2.29 bits per heavy atom. The predicted molar refractivity (Wildman–Crippen MR) is 127 cm³/mol. The van der Waals surface area contributed by atoms with Crippen LogP contribution < -0.4 is 9.47 Å². The van der Waals surface area contributed by atoms with Gasteiger partial charge < -0.3 is 19.5 Å². The van der Waals surface area contributed by atoms with E-state index in [9.17, 15) is 14.3 Å². The number of nitrogens with zero attached hydrogens (tertiary/aromatic N) is 1. The molecule has 3 aromatic carbocycles. The van der Waals surface area contributed by atoms with Crippen LogP contribution in [0.2, 0.25) is 10.0 Å². The van der Waals surface area contributed by atoms with E-state index in [0.717, 1.165) is 6.07 Å². The lowest BCUT2D eigenvalue weighted by atomic mass is 9.97. The zero-order chi connectivity index (χ0) is 24.7. The first kappa shape index (κ1) is 23.9. The molecule has 1 saturated heterocycles. The fourth-order valence-electron chi connectivity index (χ4n) is 4.49. The van der Waals surface area contributed by atoms with E-state index >= 15 is 4.39 Å². The minimum Gasteiger partial charge on any atom is -0.440 e. The van der Waals surface area contributed by atoms with Crippen molar-refractivity contribution >= 4 is 29.1 Å². The van der Waals surface area contributed by atoms with Crippen molar-refractivity contribution < 1.29 is 28.2 Å². The number of fused-ring (bicyclic) bond motifs is 1. The topological polar surface area (TPSA) is 59.0 Å². The van der Waals surface area contributed by atoms with Crippen LogP contribution in [0.3, 0.4) is 0 Å². The zero-order valence-electron chi connectivity index (χ0n) is 18.4. The molecule has 0 radical (unpaired) electrons. The van der Waals surface area contributed by atoms with E-state index in [1.54, 1.807) is 17.0 Å². The van der Waals surface area contributed by atoms with Gasteiger partial charge in [-0.2, -0.15) is 0 Å². The summed E-state index contributed by atoms with van der Waals surface area (Å²) in [6, 6.07) is 12.6. The number of hydrogen-bond acceptors (Lipinski definition) is 4. The number of ether oxygens (including phenoxy) is 2. The first-order chi connectivity index (χ1) is 16.8. The number of hydrogen-bond donors (Lipinski definition) is 1. The number of aliphatic hydroxyl groups is 1. The molecule has 3 aromatic rings. The van der Waals surface area contributed by atoms with Crippen LogP contribution >= 0.6 is 23.2 Å². The Kier molecular flexibility index (Phi) is 6.34. The molecule has 1 unspecified atom stereocenters. The van der Waals surface area contributed by atoms with E-state index in [0.29, 0.717) is 42.1 Å². The molecular weight excluding hydrogens is 499 g/mol. The van der Waals surface area contributed by atoms with Crippen molar-refractivity contribution in [2.75, 3.05) is 19.7 Å². The fraction of sp³-hybridized carbons (Fsp3) is 0.269. The van der Waals surface area contributed by atoms with Crippen molar-refractivity contribution in [1.82, 2.24) is 4.90 Å². The van der Waals surface area contributed by atoms with Gasteiger partial charge in [-0.25, -0.2) is 8.78 Å². The quantitative estimate of drug-likeness (QED) is 0.474. The largest absolute Gasteiger partial charge is 0.440 e. The van der Waals surface area contributed by atoms with Gasteiger partial charge in [0.25, 0.3) is 5.91 Å². The summed E-state index contributed by atoms with van der Waals surface area (Å²) in [5.74, 6) is -2.95. The summed E-state index contributed by atoms with van der Waals surface area (Å²) in [5, 5.41) is 9.97. The Morgan fingerprint density at radius 2 is 1.66 bits per heavy atom. The molecule has 0 spiro atoms. The molecule has 9 heteroatoms. The van der Waals surface area contributed by atoms with Gasteiger partial charge in [0, 0.05) is 36.3 Å². The summed E-state index contributed by atoms with van der Waals surface area (Å²) in [7, 11) is 0. The Labute approximate surface area is 210 Å². The lowest BCUT2D eigenvalue weighted by Crippen LogP contribution is -2.39. The lowest BCUT2D eigenvalue weighted by Gasteiger charge is -2.31. The smallest absolute Gasteiger partial charge is 0.307 e. The van der Waals surface area contributed by atoms with Crippen molar-refractivity contribution in [3.8, 4) is 11.5 Å². The van der Waals surface area contributed by atoms with Crippen LogP contribution in [0.5, 0.6) is 11.5 Å². The molecular formula is C26H21Cl2F2NO4. The molecule has 2 aliphatic rings. The first-order valence-corrected chi connectivity index (χ1v) is 11.9. The van der Waals surface area contributed by atoms with E-state index in [-0.39, 0.29) is 34.6 Å². The minimum absolute atomic E-state index is 0.0686. The van der Waals surface area contributed by atoms with Gasteiger partial charge in [-0.3, -0.25) is 4.79 Å². The number of halogens is 4. The molecule has 1 amide bonds. The Balaban J connectivity index is 1.53. The van der Waals surface area contributed by atoms with Gasteiger partial charge in [-0.15, -0.1) is 0 Å². The highest BCUT2D eigenvalue weighted by Crippen LogP contribution is 2.50. The normalized spacial score (nSPS) is 19.7. The van der Waals surface area contributed by atoms with E-state index in [4.69, 9.17) is 32.7 Å². The third-order valence-corrected chi connectivity index (χ3v) is 6.99. The minimum atomic E-state index is -1.65. The second-order valence-corrected chi connectivity index (χ2v) is 9.49. The third-order valence-electron chi connectivity index (χ3n) is 6.44. The van der Waals surface area contributed by atoms with Gasteiger partial charge in [-0.1, -0.05) is 23.2 Å². The molecule has 2 heterocycles. The van der Waals surface area contributed by atoms with Gasteiger partial charge in [0.15, 0.2) is 11.5 Å². The molecule has 35 heavy (non-hydrogen) atoms. The van der Waals surface area contributed by atoms with Crippen molar-refractivity contribution in [2.45, 2.75) is 18.6 Å². The number of carbonyl (C=O) groups excluding carboxylic acids is 1. The van der Waals surface area contributed by atoms with Crippen LogP contribution in [0.4, 0.5) is 8.78 Å². The third kappa shape index (κ3) is 4.33. The summed E-state index contributed by atoms with van der Waals surface area (Å²) in [6.45, 7) is 0.925. The van der Waals surface area contributed by atoms with Gasteiger partial charge in [-0.05, 0) is 67.3 Å². The standard InChI is InChI=1S/C26H21Cl2F2NO4/c27-17-3-6-20(21(28)11-17)26(16-1-4-18(29)5-2-16)34-23-12-19(22(30)13-24(23)35-26)25(33)31-9-7-15(14-32)8-10-31/h1-6,11-13,15,32H,7-10,14H2. The second-order valence-electron chi connectivity index (χ2n) is 8.65.